The third-order valence-electron chi connectivity index (χ3n) is 4.38. The molecule has 1 fully saturated rings. The summed E-state index contributed by atoms with van der Waals surface area (Å²) in [5.41, 5.74) is 2.56. The van der Waals surface area contributed by atoms with Gasteiger partial charge in [0.1, 0.15) is 0 Å². The average molecular weight is 315 g/mol. The Morgan fingerprint density at radius 1 is 0.955 bits per heavy atom. The molecule has 2 aromatic carbocycles. The number of benzene rings is 2. The molecule has 3 rings (SSSR count). The maximum absolute atomic E-state index is 6.23. The van der Waals surface area contributed by atoms with Crippen LogP contribution in [-0.4, -0.2) is 24.5 Å². The van der Waals surface area contributed by atoms with Gasteiger partial charge in [-0.05, 0) is 43.1 Å². The first-order valence-corrected chi connectivity index (χ1v) is 8.45. The van der Waals surface area contributed by atoms with Crippen molar-refractivity contribution < 1.29 is 0 Å². The van der Waals surface area contributed by atoms with Crippen molar-refractivity contribution in [3.63, 3.8) is 0 Å². The molecule has 0 radical (unpaired) electrons. The molecule has 0 aliphatic carbocycles. The summed E-state index contributed by atoms with van der Waals surface area (Å²) in [5, 5.41) is 4.43. The molecule has 1 aliphatic rings. The first-order chi connectivity index (χ1) is 10.8. The number of nitrogens with one attached hydrogen (secondary N) is 1. The van der Waals surface area contributed by atoms with E-state index in [4.69, 9.17) is 11.6 Å². The van der Waals surface area contributed by atoms with Crippen LogP contribution in [0.3, 0.4) is 0 Å². The minimum Gasteiger partial charge on any atom is -0.311 e. The highest BCUT2D eigenvalue weighted by Gasteiger charge is 2.22. The minimum atomic E-state index is 0.450. The van der Waals surface area contributed by atoms with Gasteiger partial charge in [-0.1, -0.05) is 60.1 Å². The molecule has 0 amide bonds. The van der Waals surface area contributed by atoms with Gasteiger partial charge in [0.15, 0.2) is 0 Å². The highest BCUT2D eigenvalue weighted by atomic mass is 35.5. The lowest BCUT2D eigenvalue weighted by molar-refractivity contribution is 0.238. The van der Waals surface area contributed by atoms with Gasteiger partial charge < -0.3 is 5.32 Å². The number of hydrogen-bond acceptors (Lipinski definition) is 2. The Morgan fingerprint density at radius 2 is 1.64 bits per heavy atom. The summed E-state index contributed by atoms with van der Waals surface area (Å²) >= 11 is 6.23. The number of halogens is 1. The van der Waals surface area contributed by atoms with Gasteiger partial charge >= 0.3 is 0 Å². The molecule has 1 aliphatic heterocycles. The Bertz CT molecular complexity index is 579. The Morgan fingerprint density at radius 3 is 2.36 bits per heavy atom. The molecule has 2 nitrogen and oxygen atoms in total. The second-order valence-corrected chi connectivity index (χ2v) is 6.30. The lowest BCUT2D eigenvalue weighted by atomic mass is 10.1. The van der Waals surface area contributed by atoms with E-state index in [9.17, 15) is 0 Å². The molecule has 1 heterocycles. The van der Waals surface area contributed by atoms with Crippen molar-refractivity contribution in [1.82, 2.24) is 10.2 Å². The lowest BCUT2D eigenvalue weighted by Crippen LogP contribution is -2.34. The highest BCUT2D eigenvalue weighted by molar-refractivity contribution is 6.31. The van der Waals surface area contributed by atoms with E-state index in [1.165, 1.54) is 31.5 Å². The average Bonchev–Trinajstić information content (AvgIpc) is 3.08. The fourth-order valence-electron chi connectivity index (χ4n) is 3.17. The molecular formula is C19H23ClN2. The van der Waals surface area contributed by atoms with Crippen molar-refractivity contribution in [2.75, 3.05) is 19.6 Å². The summed E-state index contributed by atoms with van der Waals surface area (Å²) in [7, 11) is 0. The molecule has 0 aromatic heterocycles. The Kier molecular flexibility index (Phi) is 5.49. The summed E-state index contributed by atoms with van der Waals surface area (Å²) in [5.74, 6) is 0. The van der Waals surface area contributed by atoms with Crippen molar-refractivity contribution in [2.45, 2.75) is 25.4 Å². The van der Waals surface area contributed by atoms with E-state index in [1.807, 2.05) is 18.2 Å². The maximum Gasteiger partial charge on any atom is 0.0472 e. The van der Waals surface area contributed by atoms with Crippen LogP contribution in [0.15, 0.2) is 54.6 Å². The Labute approximate surface area is 138 Å². The van der Waals surface area contributed by atoms with E-state index >= 15 is 0 Å². The van der Waals surface area contributed by atoms with Crippen molar-refractivity contribution >= 4 is 11.6 Å². The van der Waals surface area contributed by atoms with Crippen molar-refractivity contribution in [3.05, 3.63) is 70.7 Å². The zero-order chi connectivity index (χ0) is 15.2. The van der Waals surface area contributed by atoms with Crippen LogP contribution in [0, 0.1) is 0 Å². The van der Waals surface area contributed by atoms with E-state index in [-0.39, 0.29) is 0 Å². The van der Waals surface area contributed by atoms with Crippen LogP contribution in [-0.2, 0) is 6.54 Å². The van der Waals surface area contributed by atoms with Crippen LogP contribution in [0.25, 0.3) is 0 Å². The van der Waals surface area contributed by atoms with Crippen molar-refractivity contribution in [3.8, 4) is 0 Å². The smallest absolute Gasteiger partial charge is 0.0472 e. The molecule has 1 N–H and O–H groups in total. The van der Waals surface area contributed by atoms with Crippen LogP contribution < -0.4 is 5.32 Å². The molecule has 2 aromatic rings. The fraction of sp³-hybridized carbons (Fsp3) is 0.368. The van der Waals surface area contributed by atoms with Gasteiger partial charge in [0, 0.05) is 24.2 Å². The van der Waals surface area contributed by atoms with E-state index < -0.39 is 0 Å². The van der Waals surface area contributed by atoms with Gasteiger partial charge in [0.25, 0.3) is 0 Å². The summed E-state index contributed by atoms with van der Waals surface area (Å²) < 4.78 is 0. The van der Waals surface area contributed by atoms with Gasteiger partial charge in [-0.25, -0.2) is 0 Å². The zero-order valence-electron chi connectivity index (χ0n) is 12.8. The first kappa shape index (κ1) is 15.5. The van der Waals surface area contributed by atoms with Gasteiger partial charge in [-0.15, -0.1) is 0 Å². The number of nitrogens with zero attached hydrogens (tertiary/aromatic N) is 1. The summed E-state index contributed by atoms with van der Waals surface area (Å²) in [4.78, 5) is 2.59. The molecule has 1 atom stereocenters. The second-order valence-electron chi connectivity index (χ2n) is 5.89. The molecule has 1 unspecified atom stereocenters. The molecule has 116 valence electrons. The van der Waals surface area contributed by atoms with Gasteiger partial charge in [0.05, 0.1) is 0 Å². The number of likely N-dealkylation sites (tertiary alicyclic amines) is 1. The summed E-state index contributed by atoms with van der Waals surface area (Å²) in [6.45, 7) is 4.17. The predicted octanol–water partition coefficient (Wildman–Crippen LogP) is 4.27. The largest absolute Gasteiger partial charge is 0.311 e. The topological polar surface area (TPSA) is 15.3 Å². The molecule has 3 heteroatoms. The Hall–Kier alpha value is -1.35. The summed E-state index contributed by atoms with van der Waals surface area (Å²) in [6.07, 6.45) is 2.63. The highest BCUT2D eigenvalue weighted by Crippen LogP contribution is 2.24. The van der Waals surface area contributed by atoms with Crippen LogP contribution in [0.2, 0.25) is 5.02 Å². The molecule has 0 saturated carbocycles. The first-order valence-electron chi connectivity index (χ1n) is 8.08. The minimum absolute atomic E-state index is 0.450. The molecule has 22 heavy (non-hydrogen) atoms. The quantitative estimate of drug-likeness (QED) is 0.856. The van der Waals surface area contributed by atoms with Gasteiger partial charge in [-0.3, -0.25) is 4.90 Å². The third-order valence-corrected chi connectivity index (χ3v) is 4.75. The zero-order valence-corrected chi connectivity index (χ0v) is 13.6. The van der Waals surface area contributed by atoms with E-state index in [0.29, 0.717) is 6.04 Å². The Balaban J connectivity index is 1.64. The number of hydrogen-bond donors (Lipinski definition) is 1. The second kappa shape index (κ2) is 7.77. The summed E-state index contributed by atoms with van der Waals surface area (Å²) in [6, 6.07) is 19.3. The molecular weight excluding hydrogens is 292 g/mol. The lowest BCUT2D eigenvalue weighted by Gasteiger charge is -2.28. The molecule has 0 bridgehead atoms. The van der Waals surface area contributed by atoms with Crippen LogP contribution in [0.1, 0.15) is 30.0 Å². The van der Waals surface area contributed by atoms with E-state index in [2.05, 4.69) is 46.6 Å². The monoisotopic (exact) mass is 314 g/mol. The molecule has 1 saturated heterocycles. The van der Waals surface area contributed by atoms with Gasteiger partial charge in [0.2, 0.25) is 0 Å². The van der Waals surface area contributed by atoms with Crippen LogP contribution in [0.4, 0.5) is 0 Å². The predicted molar refractivity (Wildman–Crippen MR) is 93.1 cm³/mol. The van der Waals surface area contributed by atoms with Crippen LogP contribution in [0.5, 0.6) is 0 Å². The number of rotatable bonds is 6. The molecule has 0 spiro atoms. The van der Waals surface area contributed by atoms with Crippen molar-refractivity contribution in [1.29, 1.82) is 0 Å². The van der Waals surface area contributed by atoms with Gasteiger partial charge in [-0.2, -0.15) is 0 Å². The third kappa shape index (κ3) is 3.89. The van der Waals surface area contributed by atoms with Crippen LogP contribution >= 0.6 is 11.6 Å². The van der Waals surface area contributed by atoms with E-state index in [1.54, 1.807) is 0 Å². The van der Waals surface area contributed by atoms with E-state index in [0.717, 1.165) is 23.7 Å². The normalized spacial score (nSPS) is 16.8. The van der Waals surface area contributed by atoms with Crippen molar-refractivity contribution in [2.24, 2.45) is 0 Å². The maximum atomic E-state index is 6.23. The SMILES string of the molecule is Clc1ccccc1CNCC(c1ccccc1)N1CCCC1. The fourth-order valence-corrected chi connectivity index (χ4v) is 3.37. The standard InChI is InChI=1S/C19H23ClN2/c20-18-11-5-4-10-17(18)14-21-15-19(22-12-6-7-13-22)16-8-2-1-3-9-16/h1-5,8-11,19,21H,6-7,12-15H2.